The van der Waals surface area contributed by atoms with Crippen molar-refractivity contribution in [3.05, 3.63) is 34.9 Å². The molecule has 2 N–H and O–H groups in total. The Kier molecular flexibility index (Phi) is 4.09. The van der Waals surface area contributed by atoms with Gasteiger partial charge in [0.1, 0.15) is 0 Å². The van der Waals surface area contributed by atoms with Gasteiger partial charge in [-0.3, -0.25) is 4.79 Å². The third-order valence-corrected chi connectivity index (χ3v) is 5.26. The number of benzene rings is 1. The second kappa shape index (κ2) is 5.97. The van der Waals surface area contributed by atoms with Crippen molar-refractivity contribution in [3.8, 4) is 0 Å². The van der Waals surface area contributed by atoms with E-state index in [0.717, 1.165) is 25.2 Å². The Balaban J connectivity index is 1.57. The summed E-state index contributed by atoms with van der Waals surface area (Å²) in [6, 6.07) is 6.04. The molecule has 4 heteroatoms. The number of thioether (sulfide) groups is 1. The summed E-state index contributed by atoms with van der Waals surface area (Å²) < 4.78 is 0. The predicted molar refractivity (Wildman–Crippen MR) is 79.4 cm³/mol. The average molecular weight is 276 g/mol. The fraction of sp³-hybridized carbons (Fsp3) is 0.533. The van der Waals surface area contributed by atoms with E-state index < -0.39 is 0 Å². The minimum absolute atomic E-state index is 0.0703. The summed E-state index contributed by atoms with van der Waals surface area (Å²) in [6.07, 6.45) is 3.87. The Morgan fingerprint density at radius 2 is 2.21 bits per heavy atom. The van der Waals surface area contributed by atoms with Crippen molar-refractivity contribution < 1.29 is 4.79 Å². The largest absolute Gasteiger partial charge is 0.351 e. The van der Waals surface area contributed by atoms with Crippen LogP contribution in [0.25, 0.3) is 0 Å². The number of carbonyl (C=O) groups excluding carboxylic acids is 1. The van der Waals surface area contributed by atoms with Gasteiger partial charge >= 0.3 is 0 Å². The van der Waals surface area contributed by atoms with E-state index in [1.165, 1.54) is 36.1 Å². The monoisotopic (exact) mass is 276 g/mol. The van der Waals surface area contributed by atoms with Gasteiger partial charge in [0, 0.05) is 30.4 Å². The number of hydrogen-bond donors (Lipinski definition) is 2. The van der Waals surface area contributed by atoms with Crippen molar-refractivity contribution in [1.29, 1.82) is 0 Å². The molecule has 0 aromatic heterocycles. The summed E-state index contributed by atoms with van der Waals surface area (Å²) in [6.45, 7) is 2.61. The Hall–Kier alpha value is -1.00. The lowest BCUT2D eigenvalue weighted by Gasteiger charge is -2.21. The normalized spacial score (nSPS) is 22.0. The number of amides is 1. The quantitative estimate of drug-likeness (QED) is 0.890. The molecule has 2 aliphatic heterocycles. The molecule has 19 heavy (non-hydrogen) atoms. The molecule has 0 radical (unpaired) electrons. The molecule has 1 amide bonds. The molecule has 0 aliphatic carbocycles. The fourth-order valence-electron chi connectivity index (χ4n) is 2.71. The van der Waals surface area contributed by atoms with Crippen molar-refractivity contribution in [2.45, 2.75) is 37.6 Å². The molecule has 102 valence electrons. The highest BCUT2D eigenvalue weighted by molar-refractivity contribution is 7.99. The molecule has 0 bridgehead atoms. The first-order chi connectivity index (χ1) is 9.33. The minimum atomic E-state index is 0.0703. The maximum Gasteiger partial charge on any atom is 0.251 e. The number of fused-ring (bicyclic) bond motifs is 1. The molecule has 1 aromatic rings. The van der Waals surface area contributed by atoms with E-state index in [2.05, 4.69) is 16.7 Å². The van der Waals surface area contributed by atoms with Crippen LogP contribution >= 0.6 is 11.8 Å². The van der Waals surface area contributed by atoms with Gasteiger partial charge < -0.3 is 10.6 Å². The fourth-order valence-corrected chi connectivity index (χ4v) is 3.95. The average Bonchev–Trinajstić information content (AvgIpc) is 2.93. The molecule has 0 saturated carbocycles. The smallest absolute Gasteiger partial charge is 0.251 e. The summed E-state index contributed by atoms with van der Waals surface area (Å²) in [4.78, 5) is 12.1. The van der Waals surface area contributed by atoms with Crippen LogP contribution in [0.15, 0.2) is 18.2 Å². The van der Waals surface area contributed by atoms with Crippen LogP contribution in [-0.4, -0.2) is 23.5 Å². The van der Waals surface area contributed by atoms with E-state index >= 15 is 0 Å². The molecule has 2 heterocycles. The van der Waals surface area contributed by atoms with Gasteiger partial charge in [0.25, 0.3) is 5.91 Å². The summed E-state index contributed by atoms with van der Waals surface area (Å²) in [5, 5.41) is 6.99. The van der Waals surface area contributed by atoms with Gasteiger partial charge in [-0.15, -0.1) is 0 Å². The highest BCUT2D eigenvalue weighted by Crippen LogP contribution is 2.24. The van der Waals surface area contributed by atoms with Crippen molar-refractivity contribution in [3.63, 3.8) is 0 Å². The van der Waals surface area contributed by atoms with E-state index in [-0.39, 0.29) is 5.91 Å². The lowest BCUT2D eigenvalue weighted by Crippen LogP contribution is -2.31. The van der Waals surface area contributed by atoms with Crippen LogP contribution in [0.5, 0.6) is 0 Å². The zero-order valence-corrected chi connectivity index (χ0v) is 11.9. The van der Waals surface area contributed by atoms with Gasteiger partial charge in [0.05, 0.1) is 0 Å². The first-order valence-electron chi connectivity index (χ1n) is 7.05. The summed E-state index contributed by atoms with van der Waals surface area (Å²) in [5.41, 5.74) is 3.38. The Bertz CT molecular complexity index is 469. The molecule has 2 aliphatic rings. The van der Waals surface area contributed by atoms with E-state index in [1.54, 1.807) is 0 Å². The van der Waals surface area contributed by atoms with Gasteiger partial charge in [-0.2, -0.15) is 11.8 Å². The number of hydrogen-bond acceptors (Lipinski definition) is 3. The molecule has 0 spiro atoms. The van der Waals surface area contributed by atoms with Crippen molar-refractivity contribution in [2.24, 2.45) is 0 Å². The predicted octanol–water partition coefficient (Wildman–Crippen LogP) is 2.31. The molecular formula is C15H20N2OS. The Labute approximate surface area is 118 Å². The van der Waals surface area contributed by atoms with Crippen LogP contribution in [0.4, 0.5) is 0 Å². The molecule has 1 atom stereocenters. The summed E-state index contributed by atoms with van der Waals surface area (Å²) >= 11 is 2.00. The third kappa shape index (κ3) is 3.12. The van der Waals surface area contributed by atoms with E-state index in [1.807, 2.05) is 23.9 Å². The van der Waals surface area contributed by atoms with Gasteiger partial charge in [-0.25, -0.2) is 0 Å². The van der Waals surface area contributed by atoms with Crippen LogP contribution in [0.2, 0.25) is 0 Å². The topological polar surface area (TPSA) is 41.1 Å². The number of carbonyl (C=O) groups is 1. The molecular weight excluding hydrogens is 256 g/mol. The third-order valence-electron chi connectivity index (χ3n) is 3.86. The van der Waals surface area contributed by atoms with Crippen molar-refractivity contribution >= 4 is 17.7 Å². The maximum absolute atomic E-state index is 12.1. The van der Waals surface area contributed by atoms with Crippen molar-refractivity contribution in [1.82, 2.24) is 10.6 Å². The van der Waals surface area contributed by atoms with Crippen LogP contribution in [0.1, 0.15) is 40.7 Å². The highest BCUT2D eigenvalue weighted by atomic mass is 32.2. The number of rotatable bonds is 3. The lowest BCUT2D eigenvalue weighted by molar-refractivity contribution is 0.0953. The van der Waals surface area contributed by atoms with E-state index in [9.17, 15) is 4.79 Å². The summed E-state index contributed by atoms with van der Waals surface area (Å²) in [5.74, 6) is 1.31. The molecule has 3 nitrogen and oxygen atoms in total. The lowest BCUT2D eigenvalue weighted by atomic mass is 10.1. The molecule has 1 aromatic carbocycles. The zero-order chi connectivity index (χ0) is 13.1. The van der Waals surface area contributed by atoms with Crippen LogP contribution in [0, 0.1) is 0 Å². The zero-order valence-electron chi connectivity index (χ0n) is 11.1. The minimum Gasteiger partial charge on any atom is -0.351 e. The van der Waals surface area contributed by atoms with Gasteiger partial charge in [-0.1, -0.05) is 12.5 Å². The molecule has 1 saturated heterocycles. The Morgan fingerprint density at radius 1 is 1.32 bits per heavy atom. The van der Waals surface area contributed by atoms with E-state index in [0.29, 0.717) is 5.25 Å². The van der Waals surface area contributed by atoms with Crippen LogP contribution < -0.4 is 10.6 Å². The van der Waals surface area contributed by atoms with E-state index in [4.69, 9.17) is 0 Å². The van der Waals surface area contributed by atoms with Gasteiger partial charge in [0.2, 0.25) is 0 Å². The molecule has 3 rings (SSSR count). The second-order valence-electron chi connectivity index (χ2n) is 5.29. The highest BCUT2D eigenvalue weighted by Gasteiger charge is 2.16. The second-order valence-corrected chi connectivity index (χ2v) is 6.69. The van der Waals surface area contributed by atoms with Crippen molar-refractivity contribution in [2.75, 3.05) is 12.3 Å². The van der Waals surface area contributed by atoms with Gasteiger partial charge in [-0.05, 0) is 41.9 Å². The Morgan fingerprint density at radius 3 is 3.05 bits per heavy atom. The molecule has 1 fully saturated rings. The maximum atomic E-state index is 12.1. The first-order valence-corrected chi connectivity index (χ1v) is 8.10. The molecule has 1 unspecified atom stereocenters. The standard InChI is InChI=1S/C15H20N2OS/c18-15(17-10-14-3-1-2-6-19-14)11-4-5-12-8-16-9-13(12)7-11/h4-5,7,14,16H,1-3,6,8-10H2,(H,17,18). The van der Waals surface area contributed by atoms with Gasteiger partial charge in [0.15, 0.2) is 0 Å². The summed E-state index contributed by atoms with van der Waals surface area (Å²) in [7, 11) is 0. The van der Waals surface area contributed by atoms with Crippen LogP contribution in [-0.2, 0) is 13.1 Å². The first kappa shape index (κ1) is 13.0. The number of nitrogens with one attached hydrogen (secondary N) is 2. The SMILES string of the molecule is O=C(NCC1CCCCS1)c1ccc2c(c1)CNC2. The van der Waals surface area contributed by atoms with Crippen LogP contribution in [0.3, 0.4) is 0 Å².